The second kappa shape index (κ2) is 7.91. The van der Waals surface area contributed by atoms with Gasteiger partial charge in [0.2, 0.25) is 5.91 Å². The molecule has 1 N–H and O–H groups in total. The molecule has 126 valence electrons. The van der Waals surface area contributed by atoms with Gasteiger partial charge in [-0.2, -0.15) is 0 Å². The van der Waals surface area contributed by atoms with Crippen LogP contribution in [0.2, 0.25) is 0 Å². The average molecular weight is 318 g/mol. The van der Waals surface area contributed by atoms with Crippen molar-refractivity contribution in [2.24, 2.45) is 0 Å². The molecule has 1 aromatic carbocycles. The molecule has 2 aliphatic rings. The zero-order valence-electron chi connectivity index (χ0n) is 13.8. The van der Waals surface area contributed by atoms with Gasteiger partial charge >= 0.3 is 0 Å². The smallest absolute Gasteiger partial charge is 0.223 e. The van der Waals surface area contributed by atoms with E-state index in [0.717, 1.165) is 24.9 Å². The van der Waals surface area contributed by atoms with Crippen molar-refractivity contribution in [3.8, 4) is 0 Å². The number of hydrogen-bond acceptors (Lipinski definition) is 2. The quantitative estimate of drug-likeness (QED) is 0.812. The number of benzene rings is 1. The largest absolute Gasteiger partial charge is 0.337 e. The summed E-state index contributed by atoms with van der Waals surface area (Å²) in [4.78, 5) is 14.4. The molecule has 1 atom stereocenters. The molecule has 0 aromatic heterocycles. The predicted octanol–water partition coefficient (Wildman–Crippen LogP) is 3.63. The molecule has 1 heterocycles. The van der Waals surface area contributed by atoms with Crippen LogP contribution in [0.3, 0.4) is 0 Å². The van der Waals surface area contributed by atoms with Crippen molar-refractivity contribution in [2.75, 3.05) is 6.54 Å². The van der Waals surface area contributed by atoms with E-state index in [1.807, 2.05) is 6.07 Å². The highest BCUT2D eigenvalue weighted by molar-refractivity contribution is 5.79. The van der Waals surface area contributed by atoms with Crippen molar-refractivity contribution in [2.45, 2.75) is 70.0 Å². The van der Waals surface area contributed by atoms with Crippen LogP contribution < -0.4 is 5.32 Å². The molecule has 1 saturated heterocycles. The van der Waals surface area contributed by atoms with Gasteiger partial charge in [0, 0.05) is 25.0 Å². The van der Waals surface area contributed by atoms with Crippen LogP contribution in [0.25, 0.3) is 0 Å². The fourth-order valence-corrected chi connectivity index (χ4v) is 4.05. The highest BCUT2D eigenvalue weighted by Crippen LogP contribution is 2.31. The summed E-state index contributed by atoms with van der Waals surface area (Å²) in [7, 11) is 0. The van der Waals surface area contributed by atoms with E-state index in [2.05, 4.69) is 10.2 Å². The van der Waals surface area contributed by atoms with Gasteiger partial charge in [-0.25, -0.2) is 4.39 Å². The van der Waals surface area contributed by atoms with Gasteiger partial charge in [-0.3, -0.25) is 4.79 Å². The van der Waals surface area contributed by atoms with Crippen LogP contribution in [0.1, 0.15) is 56.9 Å². The van der Waals surface area contributed by atoms with Crippen molar-refractivity contribution in [1.82, 2.24) is 10.2 Å². The molecule has 0 bridgehead atoms. The number of halogens is 1. The Kier molecular flexibility index (Phi) is 5.65. The standard InChI is InChI=1S/C19H27FN2O/c20-16-6-4-5-15(13-16)14-21-12-11-18-9-10-19(23)22(18)17-7-2-1-3-8-17/h4-6,13,17-18,21H,1-3,7-12,14H2. The molecule has 2 fully saturated rings. The van der Waals surface area contributed by atoms with Crippen molar-refractivity contribution in [1.29, 1.82) is 0 Å². The summed E-state index contributed by atoms with van der Waals surface area (Å²) in [6, 6.07) is 7.59. The summed E-state index contributed by atoms with van der Waals surface area (Å²) in [6.07, 6.45) is 8.91. The van der Waals surface area contributed by atoms with Crippen molar-refractivity contribution >= 4 is 5.91 Å². The first-order chi connectivity index (χ1) is 11.2. The van der Waals surface area contributed by atoms with Crippen LogP contribution in [-0.2, 0) is 11.3 Å². The second-order valence-corrected chi connectivity index (χ2v) is 6.88. The minimum atomic E-state index is -0.186. The zero-order chi connectivity index (χ0) is 16.1. The summed E-state index contributed by atoms with van der Waals surface area (Å²) in [6.45, 7) is 1.56. The highest BCUT2D eigenvalue weighted by Gasteiger charge is 2.35. The van der Waals surface area contributed by atoms with Crippen LogP contribution in [-0.4, -0.2) is 29.4 Å². The van der Waals surface area contributed by atoms with E-state index in [9.17, 15) is 9.18 Å². The topological polar surface area (TPSA) is 32.3 Å². The Bertz CT molecular complexity index is 528. The van der Waals surface area contributed by atoms with Gasteiger partial charge in [0.05, 0.1) is 0 Å². The van der Waals surface area contributed by atoms with E-state index < -0.39 is 0 Å². The summed E-state index contributed by atoms with van der Waals surface area (Å²) in [5, 5.41) is 3.39. The third-order valence-corrected chi connectivity index (χ3v) is 5.21. The molecule has 1 unspecified atom stereocenters. The first-order valence-electron chi connectivity index (χ1n) is 9.00. The van der Waals surface area contributed by atoms with E-state index in [1.165, 1.54) is 38.2 Å². The van der Waals surface area contributed by atoms with Gasteiger partial charge in [-0.05, 0) is 49.9 Å². The molecule has 0 radical (unpaired) electrons. The number of hydrogen-bond donors (Lipinski definition) is 1. The monoisotopic (exact) mass is 318 g/mol. The average Bonchev–Trinajstić information content (AvgIpc) is 2.93. The third kappa shape index (κ3) is 4.31. The number of nitrogens with one attached hydrogen (secondary N) is 1. The van der Waals surface area contributed by atoms with Gasteiger partial charge in [-0.1, -0.05) is 31.4 Å². The van der Waals surface area contributed by atoms with Gasteiger partial charge in [0.25, 0.3) is 0 Å². The molecular weight excluding hydrogens is 291 g/mol. The molecule has 1 saturated carbocycles. The minimum Gasteiger partial charge on any atom is -0.337 e. The van der Waals surface area contributed by atoms with Crippen LogP contribution >= 0.6 is 0 Å². The van der Waals surface area contributed by atoms with Gasteiger partial charge in [-0.15, -0.1) is 0 Å². The summed E-state index contributed by atoms with van der Waals surface area (Å²) < 4.78 is 13.2. The van der Waals surface area contributed by atoms with E-state index in [4.69, 9.17) is 0 Å². The first kappa shape index (κ1) is 16.4. The maximum Gasteiger partial charge on any atom is 0.223 e. The Labute approximate surface area is 138 Å². The fourth-order valence-electron chi connectivity index (χ4n) is 4.05. The molecule has 4 heteroatoms. The second-order valence-electron chi connectivity index (χ2n) is 6.88. The normalized spacial score (nSPS) is 22.7. The summed E-state index contributed by atoms with van der Waals surface area (Å²) in [5.74, 6) is 0.168. The van der Waals surface area contributed by atoms with Gasteiger partial charge in [0.15, 0.2) is 0 Å². The van der Waals surface area contributed by atoms with Crippen LogP contribution in [0.5, 0.6) is 0 Å². The summed E-state index contributed by atoms with van der Waals surface area (Å²) in [5.41, 5.74) is 0.969. The Morgan fingerprint density at radius 1 is 1.17 bits per heavy atom. The Hall–Kier alpha value is -1.42. The molecule has 23 heavy (non-hydrogen) atoms. The highest BCUT2D eigenvalue weighted by atomic mass is 19.1. The van der Waals surface area contributed by atoms with Crippen molar-refractivity contribution in [3.05, 3.63) is 35.6 Å². The maximum atomic E-state index is 13.2. The Morgan fingerprint density at radius 2 is 2.00 bits per heavy atom. The maximum absolute atomic E-state index is 13.2. The number of carbonyl (C=O) groups is 1. The molecule has 1 amide bonds. The van der Waals surface area contributed by atoms with Crippen LogP contribution in [0.4, 0.5) is 4.39 Å². The molecular formula is C19H27FN2O. The Balaban J connectivity index is 1.46. The zero-order valence-corrected chi connectivity index (χ0v) is 13.8. The van der Waals surface area contributed by atoms with Crippen LogP contribution in [0, 0.1) is 5.82 Å². The minimum absolute atomic E-state index is 0.186. The molecule has 1 aliphatic heterocycles. The van der Waals surface area contributed by atoms with E-state index >= 15 is 0 Å². The fraction of sp³-hybridized carbons (Fsp3) is 0.632. The first-order valence-corrected chi connectivity index (χ1v) is 9.00. The molecule has 1 aromatic rings. The predicted molar refractivity (Wildman–Crippen MR) is 89.5 cm³/mol. The lowest BCUT2D eigenvalue weighted by molar-refractivity contribution is -0.132. The lowest BCUT2D eigenvalue weighted by Gasteiger charge is -2.36. The molecule has 3 nitrogen and oxygen atoms in total. The Morgan fingerprint density at radius 3 is 2.78 bits per heavy atom. The molecule has 1 aliphatic carbocycles. The lowest BCUT2D eigenvalue weighted by atomic mass is 9.93. The van der Waals surface area contributed by atoms with Gasteiger partial charge in [0.1, 0.15) is 5.82 Å². The van der Waals surface area contributed by atoms with E-state index in [0.29, 0.717) is 31.0 Å². The lowest BCUT2D eigenvalue weighted by Crippen LogP contribution is -2.43. The van der Waals surface area contributed by atoms with E-state index in [-0.39, 0.29) is 5.82 Å². The third-order valence-electron chi connectivity index (χ3n) is 5.21. The number of likely N-dealkylation sites (tertiary alicyclic amines) is 1. The van der Waals surface area contributed by atoms with Crippen molar-refractivity contribution < 1.29 is 9.18 Å². The number of amides is 1. The SMILES string of the molecule is O=C1CCC(CCNCc2cccc(F)c2)N1C1CCCCC1. The van der Waals surface area contributed by atoms with Gasteiger partial charge < -0.3 is 10.2 Å². The summed E-state index contributed by atoms with van der Waals surface area (Å²) >= 11 is 0. The van der Waals surface area contributed by atoms with Crippen molar-refractivity contribution in [3.63, 3.8) is 0 Å². The molecule has 0 spiro atoms. The van der Waals surface area contributed by atoms with E-state index in [1.54, 1.807) is 12.1 Å². The number of rotatable bonds is 6. The van der Waals surface area contributed by atoms with Crippen LogP contribution in [0.15, 0.2) is 24.3 Å². The molecule has 3 rings (SSSR count). The number of carbonyl (C=O) groups excluding carboxylic acids is 1. The number of nitrogens with zero attached hydrogens (tertiary/aromatic N) is 1.